The molecule has 5 nitrogen and oxygen atoms in total. The van der Waals surface area contributed by atoms with Gasteiger partial charge < -0.3 is 15.6 Å². The highest BCUT2D eigenvalue weighted by atomic mass is 16.1. The fourth-order valence-electron chi connectivity index (χ4n) is 1.46. The Bertz CT molecular complexity index is 440. The molecule has 0 saturated heterocycles. The third-order valence-corrected chi connectivity index (χ3v) is 2.54. The first-order chi connectivity index (χ1) is 8.06. The van der Waals surface area contributed by atoms with Crippen LogP contribution in [0, 0.1) is 5.92 Å². The Balaban J connectivity index is 2.69. The number of hydrogen-bond acceptors (Lipinski definition) is 3. The van der Waals surface area contributed by atoms with Crippen LogP contribution in [0.5, 0.6) is 0 Å². The minimum Gasteiger partial charge on any atom is -0.330 e. The van der Waals surface area contributed by atoms with E-state index in [1.807, 2.05) is 13.8 Å². The molecule has 1 aromatic heterocycles. The first-order valence-electron chi connectivity index (χ1n) is 5.77. The van der Waals surface area contributed by atoms with Crippen LogP contribution in [-0.4, -0.2) is 17.0 Å². The number of amides is 1. The van der Waals surface area contributed by atoms with E-state index in [0.717, 1.165) is 0 Å². The van der Waals surface area contributed by atoms with Crippen LogP contribution in [0.3, 0.4) is 0 Å². The minimum absolute atomic E-state index is 0.0687. The summed E-state index contributed by atoms with van der Waals surface area (Å²) in [7, 11) is 0. The fourth-order valence-corrected chi connectivity index (χ4v) is 1.46. The predicted molar refractivity (Wildman–Crippen MR) is 67.8 cm³/mol. The number of anilines is 1. The van der Waals surface area contributed by atoms with Gasteiger partial charge in [-0.3, -0.25) is 9.59 Å². The van der Waals surface area contributed by atoms with E-state index in [1.165, 1.54) is 6.07 Å². The number of pyridine rings is 1. The van der Waals surface area contributed by atoms with Crippen molar-refractivity contribution < 1.29 is 4.79 Å². The van der Waals surface area contributed by atoms with Gasteiger partial charge in [-0.2, -0.15) is 0 Å². The number of nitrogens with zero attached hydrogens (tertiary/aromatic N) is 1. The Morgan fingerprint density at radius 2 is 2.24 bits per heavy atom. The topological polar surface area (TPSA) is 77.1 Å². The molecule has 0 aliphatic heterocycles. The van der Waals surface area contributed by atoms with Crippen LogP contribution in [0.4, 0.5) is 5.69 Å². The van der Waals surface area contributed by atoms with E-state index in [-0.39, 0.29) is 17.4 Å². The maximum Gasteiger partial charge on any atom is 0.250 e. The molecule has 3 N–H and O–H groups in total. The molecule has 0 aliphatic rings. The molecule has 0 saturated carbocycles. The van der Waals surface area contributed by atoms with Crippen LogP contribution in [0.2, 0.25) is 0 Å². The second-order valence-corrected chi connectivity index (χ2v) is 4.14. The third-order valence-electron chi connectivity index (χ3n) is 2.54. The van der Waals surface area contributed by atoms with E-state index in [9.17, 15) is 9.59 Å². The van der Waals surface area contributed by atoms with Gasteiger partial charge in [-0.1, -0.05) is 6.92 Å². The molecule has 0 aromatic carbocycles. The van der Waals surface area contributed by atoms with Gasteiger partial charge in [0.1, 0.15) is 0 Å². The number of carbonyl (C=O) groups excluding carboxylic acids is 1. The van der Waals surface area contributed by atoms with Crippen molar-refractivity contribution in [2.45, 2.75) is 26.8 Å². The van der Waals surface area contributed by atoms with Crippen molar-refractivity contribution >= 4 is 11.6 Å². The quantitative estimate of drug-likeness (QED) is 0.795. The molecule has 17 heavy (non-hydrogen) atoms. The number of carbonyl (C=O) groups is 1. The van der Waals surface area contributed by atoms with Crippen molar-refractivity contribution in [1.82, 2.24) is 4.57 Å². The second-order valence-electron chi connectivity index (χ2n) is 4.14. The highest BCUT2D eigenvalue weighted by Gasteiger charge is 2.08. The molecule has 0 spiro atoms. The number of nitrogens with one attached hydrogen (secondary N) is 1. The van der Waals surface area contributed by atoms with Gasteiger partial charge in [0, 0.05) is 25.2 Å². The molecule has 0 aliphatic carbocycles. The van der Waals surface area contributed by atoms with Gasteiger partial charge in [-0.25, -0.2) is 0 Å². The normalized spacial score (nSPS) is 12.2. The average Bonchev–Trinajstić information content (AvgIpc) is 2.31. The second kappa shape index (κ2) is 6.20. The number of hydrogen-bond donors (Lipinski definition) is 2. The molecule has 94 valence electrons. The summed E-state index contributed by atoms with van der Waals surface area (Å²) in [6.45, 7) is 4.87. The van der Waals surface area contributed by atoms with E-state index in [4.69, 9.17) is 5.73 Å². The largest absolute Gasteiger partial charge is 0.330 e. The van der Waals surface area contributed by atoms with Gasteiger partial charge in [-0.05, 0) is 25.5 Å². The Kier molecular flexibility index (Phi) is 4.90. The Hall–Kier alpha value is -1.62. The van der Waals surface area contributed by atoms with Crippen molar-refractivity contribution in [1.29, 1.82) is 0 Å². The lowest BCUT2D eigenvalue weighted by atomic mass is 10.1. The van der Waals surface area contributed by atoms with E-state index >= 15 is 0 Å². The van der Waals surface area contributed by atoms with E-state index in [1.54, 1.807) is 16.8 Å². The van der Waals surface area contributed by atoms with Crippen LogP contribution >= 0.6 is 0 Å². The molecule has 0 radical (unpaired) electrons. The van der Waals surface area contributed by atoms with E-state index in [2.05, 4.69) is 5.32 Å². The summed E-state index contributed by atoms with van der Waals surface area (Å²) in [5.74, 6) is 0.0799. The summed E-state index contributed by atoms with van der Waals surface area (Å²) in [6, 6.07) is 3.06. The van der Waals surface area contributed by atoms with Crippen molar-refractivity contribution in [2.24, 2.45) is 11.7 Å². The molecule has 0 fully saturated rings. The molecule has 0 bridgehead atoms. The summed E-state index contributed by atoms with van der Waals surface area (Å²) >= 11 is 0. The first-order valence-corrected chi connectivity index (χ1v) is 5.77. The first kappa shape index (κ1) is 13.4. The number of aryl methyl sites for hydroxylation is 1. The third kappa shape index (κ3) is 4.03. The van der Waals surface area contributed by atoms with E-state index in [0.29, 0.717) is 25.2 Å². The zero-order valence-corrected chi connectivity index (χ0v) is 10.3. The smallest absolute Gasteiger partial charge is 0.250 e. The van der Waals surface area contributed by atoms with Gasteiger partial charge in [0.2, 0.25) is 5.91 Å². The van der Waals surface area contributed by atoms with Crippen LogP contribution in [0.25, 0.3) is 0 Å². The zero-order valence-electron chi connectivity index (χ0n) is 10.3. The number of nitrogens with two attached hydrogens (primary N) is 1. The molecule has 1 amide bonds. The molecule has 1 heterocycles. The van der Waals surface area contributed by atoms with Crippen LogP contribution in [0.15, 0.2) is 23.1 Å². The summed E-state index contributed by atoms with van der Waals surface area (Å²) in [5, 5.41) is 2.75. The molecule has 1 aromatic rings. The Labute approximate surface area is 101 Å². The molecule has 1 rings (SSSR count). The van der Waals surface area contributed by atoms with Gasteiger partial charge >= 0.3 is 0 Å². The SMILES string of the molecule is CCn1cc(NC(=O)CC(C)CN)ccc1=O. The van der Waals surface area contributed by atoms with Gasteiger partial charge in [0.25, 0.3) is 5.56 Å². The lowest BCUT2D eigenvalue weighted by molar-refractivity contribution is -0.116. The lowest BCUT2D eigenvalue weighted by Crippen LogP contribution is -2.22. The average molecular weight is 237 g/mol. The fraction of sp³-hybridized carbons (Fsp3) is 0.500. The lowest BCUT2D eigenvalue weighted by Gasteiger charge is -2.10. The Morgan fingerprint density at radius 3 is 2.82 bits per heavy atom. The molecule has 1 atom stereocenters. The standard InChI is InChI=1S/C12H19N3O2/c1-3-15-8-10(4-5-12(15)17)14-11(16)6-9(2)7-13/h4-5,8-9H,3,6-7,13H2,1-2H3,(H,14,16). The van der Waals surface area contributed by atoms with Crippen molar-refractivity contribution in [2.75, 3.05) is 11.9 Å². The molecule has 1 unspecified atom stereocenters. The van der Waals surface area contributed by atoms with Gasteiger partial charge in [0.15, 0.2) is 0 Å². The summed E-state index contributed by atoms with van der Waals surface area (Å²) < 4.78 is 1.54. The van der Waals surface area contributed by atoms with Crippen LogP contribution < -0.4 is 16.6 Å². The monoisotopic (exact) mass is 237 g/mol. The van der Waals surface area contributed by atoms with Crippen molar-refractivity contribution in [3.05, 3.63) is 28.7 Å². The number of rotatable bonds is 5. The molecule has 5 heteroatoms. The van der Waals surface area contributed by atoms with Crippen LogP contribution in [0.1, 0.15) is 20.3 Å². The maximum atomic E-state index is 11.6. The van der Waals surface area contributed by atoms with Gasteiger partial charge in [0.05, 0.1) is 5.69 Å². The van der Waals surface area contributed by atoms with Gasteiger partial charge in [-0.15, -0.1) is 0 Å². The predicted octanol–water partition coefficient (Wildman–Crippen LogP) is 0.792. The highest BCUT2D eigenvalue weighted by molar-refractivity contribution is 5.90. The van der Waals surface area contributed by atoms with E-state index < -0.39 is 0 Å². The summed E-state index contributed by atoms with van der Waals surface area (Å²) in [6.07, 6.45) is 2.04. The van der Waals surface area contributed by atoms with Crippen LogP contribution in [-0.2, 0) is 11.3 Å². The number of aromatic nitrogens is 1. The maximum absolute atomic E-state index is 11.6. The Morgan fingerprint density at radius 1 is 1.53 bits per heavy atom. The molecular weight excluding hydrogens is 218 g/mol. The van der Waals surface area contributed by atoms with Crippen molar-refractivity contribution in [3.8, 4) is 0 Å². The zero-order chi connectivity index (χ0) is 12.8. The minimum atomic E-state index is -0.0794. The van der Waals surface area contributed by atoms with Crippen molar-refractivity contribution in [3.63, 3.8) is 0 Å². The summed E-state index contributed by atoms with van der Waals surface area (Å²) in [4.78, 5) is 23.0. The summed E-state index contributed by atoms with van der Waals surface area (Å²) in [5.41, 5.74) is 6.02. The molecular formula is C12H19N3O2. The highest BCUT2D eigenvalue weighted by Crippen LogP contribution is 2.06.